The van der Waals surface area contributed by atoms with Gasteiger partial charge in [0.2, 0.25) is 0 Å². The second-order valence-electron chi connectivity index (χ2n) is 3.96. The zero-order chi connectivity index (χ0) is 11.1. The van der Waals surface area contributed by atoms with Crippen molar-refractivity contribution in [3.63, 3.8) is 0 Å². The highest BCUT2D eigenvalue weighted by Gasteiger charge is 2.22. The van der Waals surface area contributed by atoms with Gasteiger partial charge in [0.25, 0.3) is 0 Å². The maximum absolute atomic E-state index is 6.03. The third kappa shape index (κ3) is 1.13. The molecule has 0 spiro atoms. The minimum absolute atomic E-state index is 0.696. The number of hydrogen-bond donors (Lipinski definition) is 2. The molecular formula is C14H12N2. The molecule has 78 valence electrons. The molecule has 0 saturated heterocycles. The lowest BCUT2D eigenvalue weighted by Gasteiger charge is -2.21. The van der Waals surface area contributed by atoms with Crippen molar-refractivity contribution >= 4 is 11.4 Å². The first-order chi connectivity index (χ1) is 7.77. The molecule has 0 bridgehead atoms. The van der Waals surface area contributed by atoms with E-state index in [1.807, 2.05) is 36.4 Å². The molecule has 0 saturated carbocycles. The third-order valence-electron chi connectivity index (χ3n) is 2.92. The molecule has 4 N–H and O–H groups in total. The Hall–Kier alpha value is -2.22. The molecule has 16 heavy (non-hydrogen) atoms. The molecule has 0 amide bonds. The summed E-state index contributed by atoms with van der Waals surface area (Å²) in [6, 6.07) is 16.0. The lowest BCUT2D eigenvalue weighted by molar-refractivity contribution is 1.60. The minimum Gasteiger partial charge on any atom is -0.399 e. The zero-order valence-electron chi connectivity index (χ0n) is 8.77. The average molecular weight is 208 g/mol. The van der Waals surface area contributed by atoms with Crippen LogP contribution in [0.3, 0.4) is 0 Å². The number of nitrogens with two attached hydrogens (primary N) is 2. The summed E-state index contributed by atoms with van der Waals surface area (Å²) in [7, 11) is 0. The van der Waals surface area contributed by atoms with Crippen molar-refractivity contribution in [2.45, 2.75) is 0 Å². The lowest BCUT2D eigenvalue weighted by atomic mass is 9.83. The topological polar surface area (TPSA) is 52.0 Å². The van der Waals surface area contributed by atoms with Crippen LogP contribution in [0.15, 0.2) is 48.5 Å². The van der Waals surface area contributed by atoms with E-state index in [9.17, 15) is 0 Å². The smallest absolute Gasteiger partial charge is 0.0420 e. The minimum atomic E-state index is 0.696. The van der Waals surface area contributed by atoms with Crippen molar-refractivity contribution < 1.29 is 0 Å². The summed E-state index contributed by atoms with van der Waals surface area (Å²) in [4.78, 5) is 0. The normalized spacial score (nSPS) is 11.0. The molecule has 0 unspecified atom stereocenters. The van der Waals surface area contributed by atoms with E-state index in [2.05, 4.69) is 12.1 Å². The van der Waals surface area contributed by atoms with Crippen molar-refractivity contribution in [2.24, 2.45) is 0 Å². The van der Waals surface area contributed by atoms with Crippen LogP contribution >= 0.6 is 0 Å². The summed E-state index contributed by atoms with van der Waals surface area (Å²) in [6.45, 7) is 0. The quantitative estimate of drug-likeness (QED) is 0.596. The molecule has 0 aromatic rings. The van der Waals surface area contributed by atoms with Gasteiger partial charge in [0.15, 0.2) is 0 Å². The molecule has 0 radical (unpaired) electrons. The van der Waals surface area contributed by atoms with Gasteiger partial charge in [-0.15, -0.1) is 0 Å². The zero-order valence-corrected chi connectivity index (χ0v) is 8.77. The van der Waals surface area contributed by atoms with E-state index in [0.717, 1.165) is 11.3 Å². The first-order valence-electron chi connectivity index (χ1n) is 5.23. The summed E-state index contributed by atoms with van der Waals surface area (Å²) in [6.07, 6.45) is 0. The molecule has 0 aromatic heterocycles. The maximum atomic E-state index is 6.03. The van der Waals surface area contributed by atoms with Crippen molar-refractivity contribution in [1.29, 1.82) is 0 Å². The highest BCUT2D eigenvalue weighted by molar-refractivity contribution is 6.06. The molecule has 2 heteroatoms. The van der Waals surface area contributed by atoms with Gasteiger partial charge in [0, 0.05) is 16.9 Å². The average Bonchev–Trinajstić information content (AvgIpc) is 2.47. The standard InChI is InChI=1S/C14H12N2/c15-9-6-7-12-10-4-2-1-3-5-11(10)14(12)13(16)8-9/h1-8H,15-16H2. The predicted octanol–water partition coefficient (Wildman–Crippen LogP) is 3.06. The van der Waals surface area contributed by atoms with E-state index in [-0.39, 0.29) is 0 Å². The van der Waals surface area contributed by atoms with E-state index in [1.54, 1.807) is 0 Å². The highest BCUT2D eigenvalue weighted by Crippen LogP contribution is 2.49. The van der Waals surface area contributed by atoms with Crippen LogP contribution in [-0.4, -0.2) is 0 Å². The highest BCUT2D eigenvalue weighted by atomic mass is 14.6. The van der Waals surface area contributed by atoms with Gasteiger partial charge in [-0.25, -0.2) is 0 Å². The second kappa shape index (κ2) is 3.14. The summed E-state index contributed by atoms with van der Waals surface area (Å²) in [5.74, 6) is 0. The molecule has 2 nitrogen and oxygen atoms in total. The van der Waals surface area contributed by atoms with Gasteiger partial charge in [0.05, 0.1) is 0 Å². The van der Waals surface area contributed by atoms with Crippen LogP contribution in [0, 0.1) is 0 Å². The number of nitrogen functional groups attached to an aromatic ring is 2. The molecule has 0 fully saturated rings. The Morgan fingerprint density at radius 2 is 1.44 bits per heavy atom. The third-order valence-corrected chi connectivity index (χ3v) is 2.92. The molecule has 0 heterocycles. The van der Waals surface area contributed by atoms with Gasteiger partial charge in [-0.2, -0.15) is 0 Å². The van der Waals surface area contributed by atoms with Crippen LogP contribution in [0.4, 0.5) is 11.4 Å². The fraction of sp³-hybridized carbons (Fsp3) is 0. The van der Waals surface area contributed by atoms with Crippen molar-refractivity contribution in [3.8, 4) is 22.3 Å². The van der Waals surface area contributed by atoms with Crippen LogP contribution in [-0.2, 0) is 0 Å². The van der Waals surface area contributed by atoms with Crippen molar-refractivity contribution in [1.82, 2.24) is 0 Å². The number of fused-ring (bicyclic) bond motifs is 4. The molecular weight excluding hydrogens is 196 g/mol. The first-order valence-corrected chi connectivity index (χ1v) is 5.23. The van der Waals surface area contributed by atoms with E-state index >= 15 is 0 Å². The fourth-order valence-electron chi connectivity index (χ4n) is 2.18. The van der Waals surface area contributed by atoms with E-state index in [1.165, 1.54) is 16.7 Å². The molecule has 0 atom stereocenters. The summed E-state index contributed by atoms with van der Waals surface area (Å²) < 4.78 is 0. The molecule has 0 aromatic carbocycles. The Bertz CT molecular complexity index is 601. The second-order valence-corrected chi connectivity index (χ2v) is 3.96. The summed E-state index contributed by atoms with van der Waals surface area (Å²) >= 11 is 0. The Morgan fingerprint density at radius 1 is 0.688 bits per heavy atom. The molecule has 3 rings (SSSR count). The van der Waals surface area contributed by atoms with Gasteiger partial charge in [0.1, 0.15) is 0 Å². The molecule has 0 aliphatic heterocycles. The Balaban J connectivity index is 2.43. The van der Waals surface area contributed by atoms with Crippen molar-refractivity contribution in [3.05, 3.63) is 48.5 Å². The Kier molecular flexibility index (Phi) is 1.77. The Morgan fingerprint density at radius 3 is 2.25 bits per heavy atom. The first kappa shape index (κ1) is 9.04. The summed E-state index contributed by atoms with van der Waals surface area (Å²) in [5, 5.41) is 0. The van der Waals surface area contributed by atoms with Gasteiger partial charge in [-0.3, -0.25) is 0 Å². The summed E-state index contributed by atoms with van der Waals surface area (Å²) in [5.41, 5.74) is 18.0. The van der Waals surface area contributed by atoms with Crippen LogP contribution in [0.25, 0.3) is 22.3 Å². The largest absolute Gasteiger partial charge is 0.399 e. The molecule has 3 aliphatic carbocycles. The lowest BCUT2D eigenvalue weighted by Crippen LogP contribution is -1.98. The van der Waals surface area contributed by atoms with Gasteiger partial charge in [-0.05, 0) is 28.8 Å². The van der Waals surface area contributed by atoms with Gasteiger partial charge in [-0.1, -0.05) is 36.4 Å². The molecule has 3 aliphatic rings. The van der Waals surface area contributed by atoms with Crippen LogP contribution in [0.2, 0.25) is 0 Å². The van der Waals surface area contributed by atoms with Gasteiger partial charge < -0.3 is 11.5 Å². The SMILES string of the molecule is Nc1ccc2c3cccccc-3c-2c(N)c1. The number of rotatable bonds is 0. The van der Waals surface area contributed by atoms with E-state index in [4.69, 9.17) is 11.5 Å². The number of hydrogen-bond acceptors (Lipinski definition) is 2. The van der Waals surface area contributed by atoms with Crippen molar-refractivity contribution in [2.75, 3.05) is 11.5 Å². The maximum Gasteiger partial charge on any atom is 0.0420 e. The van der Waals surface area contributed by atoms with Crippen LogP contribution < -0.4 is 11.5 Å². The monoisotopic (exact) mass is 208 g/mol. The fourth-order valence-corrected chi connectivity index (χ4v) is 2.18. The predicted molar refractivity (Wildman–Crippen MR) is 68.5 cm³/mol. The van der Waals surface area contributed by atoms with Crippen LogP contribution in [0.5, 0.6) is 0 Å². The van der Waals surface area contributed by atoms with E-state index in [0.29, 0.717) is 5.69 Å². The van der Waals surface area contributed by atoms with Gasteiger partial charge >= 0.3 is 0 Å². The van der Waals surface area contributed by atoms with E-state index < -0.39 is 0 Å². The number of anilines is 2. The van der Waals surface area contributed by atoms with Crippen LogP contribution in [0.1, 0.15) is 0 Å². The Labute approximate surface area is 94.2 Å².